The Balaban J connectivity index is 2.38. The number of rotatable bonds is 1. The van der Waals surface area contributed by atoms with Crippen LogP contribution >= 0.6 is 11.6 Å². The Labute approximate surface area is 131 Å². The van der Waals surface area contributed by atoms with E-state index in [1.807, 2.05) is 0 Å². The second kappa shape index (κ2) is 5.10. The van der Waals surface area contributed by atoms with Gasteiger partial charge in [0.05, 0.1) is 11.2 Å². The van der Waals surface area contributed by atoms with E-state index in [1.54, 1.807) is 32.3 Å². The van der Waals surface area contributed by atoms with Crippen molar-refractivity contribution in [3.05, 3.63) is 57.3 Å². The van der Waals surface area contributed by atoms with Crippen LogP contribution in [0.1, 0.15) is 5.56 Å². The quantitative estimate of drug-likeness (QED) is 0.553. The van der Waals surface area contributed by atoms with Gasteiger partial charge < -0.3 is 10.3 Å². The molecule has 2 aromatic heterocycles. The Morgan fingerprint density at radius 1 is 1.23 bits per heavy atom. The van der Waals surface area contributed by atoms with Crippen LogP contribution in [-0.2, 0) is 7.05 Å². The Hall–Kier alpha value is -2.40. The zero-order chi connectivity index (χ0) is 16.0. The molecule has 0 amide bonds. The number of pyridine rings is 2. The number of hydrogen-bond acceptors (Lipinski definition) is 3. The fourth-order valence-corrected chi connectivity index (χ4v) is 2.66. The molecule has 3 aromatic rings. The van der Waals surface area contributed by atoms with Crippen molar-refractivity contribution in [2.75, 3.05) is 5.73 Å². The molecule has 0 atom stereocenters. The van der Waals surface area contributed by atoms with E-state index < -0.39 is 5.82 Å². The van der Waals surface area contributed by atoms with Gasteiger partial charge in [-0.15, -0.1) is 0 Å². The van der Waals surface area contributed by atoms with Gasteiger partial charge in [-0.05, 0) is 42.3 Å². The monoisotopic (exact) mass is 317 g/mol. The third-order valence-electron chi connectivity index (χ3n) is 3.71. The van der Waals surface area contributed by atoms with E-state index in [1.165, 1.54) is 16.7 Å². The summed E-state index contributed by atoms with van der Waals surface area (Å²) in [5.74, 6) is -0.493. The normalized spacial score (nSPS) is 11.1. The van der Waals surface area contributed by atoms with Crippen molar-refractivity contribution in [1.82, 2.24) is 9.55 Å². The third-order valence-corrected chi connectivity index (χ3v) is 3.92. The van der Waals surface area contributed by atoms with Crippen LogP contribution in [0.5, 0.6) is 0 Å². The zero-order valence-electron chi connectivity index (χ0n) is 12.0. The van der Waals surface area contributed by atoms with Gasteiger partial charge in [0, 0.05) is 24.2 Å². The maximum absolute atomic E-state index is 13.5. The van der Waals surface area contributed by atoms with Crippen LogP contribution in [0, 0.1) is 12.7 Å². The number of nitrogen functional groups attached to an aromatic ring is 1. The first-order valence-corrected chi connectivity index (χ1v) is 6.97. The van der Waals surface area contributed by atoms with Gasteiger partial charge in [0.1, 0.15) is 11.0 Å². The van der Waals surface area contributed by atoms with Crippen LogP contribution in [0.25, 0.3) is 22.0 Å². The van der Waals surface area contributed by atoms with Crippen LogP contribution in [-0.4, -0.2) is 9.55 Å². The second-order valence-corrected chi connectivity index (χ2v) is 5.56. The van der Waals surface area contributed by atoms with E-state index in [0.717, 1.165) is 5.39 Å². The molecule has 6 heteroatoms. The van der Waals surface area contributed by atoms with Crippen LogP contribution in [0.15, 0.2) is 35.3 Å². The van der Waals surface area contributed by atoms with Gasteiger partial charge in [-0.1, -0.05) is 11.6 Å². The Morgan fingerprint density at radius 2 is 1.95 bits per heavy atom. The molecule has 22 heavy (non-hydrogen) atoms. The highest BCUT2D eigenvalue weighted by molar-refractivity contribution is 6.30. The van der Waals surface area contributed by atoms with Crippen LogP contribution < -0.4 is 11.3 Å². The van der Waals surface area contributed by atoms with Gasteiger partial charge in [-0.25, -0.2) is 9.37 Å². The highest BCUT2D eigenvalue weighted by atomic mass is 35.5. The molecular weight excluding hydrogens is 305 g/mol. The van der Waals surface area contributed by atoms with E-state index in [4.69, 9.17) is 17.3 Å². The lowest BCUT2D eigenvalue weighted by Gasteiger charge is -2.12. The van der Waals surface area contributed by atoms with Crippen molar-refractivity contribution < 1.29 is 4.39 Å². The van der Waals surface area contributed by atoms with Crippen molar-refractivity contribution in [1.29, 1.82) is 0 Å². The molecule has 0 fully saturated rings. The number of anilines is 1. The zero-order valence-corrected chi connectivity index (χ0v) is 12.8. The second-order valence-electron chi connectivity index (χ2n) is 5.18. The number of fused-ring (bicyclic) bond motifs is 1. The first-order valence-electron chi connectivity index (χ1n) is 6.60. The molecule has 2 heterocycles. The van der Waals surface area contributed by atoms with Gasteiger partial charge in [-0.2, -0.15) is 0 Å². The Bertz CT molecular complexity index is 966. The standard InChI is InChI=1S/C16H13ClFN3O/c1-8-3-12(18)13(19)5-10(8)11-4-9-7-20-15(17)6-14(9)21(2)16(11)22/h3-7H,19H2,1-2H3. The Morgan fingerprint density at radius 3 is 2.68 bits per heavy atom. The molecule has 0 aliphatic carbocycles. The maximum atomic E-state index is 13.5. The minimum absolute atomic E-state index is 0.0111. The Kier molecular flexibility index (Phi) is 3.37. The van der Waals surface area contributed by atoms with Crippen molar-refractivity contribution in [2.24, 2.45) is 7.05 Å². The van der Waals surface area contributed by atoms with E-state index in [2.05, 4.69) is 4.98 Å². The number of aromatic nitrogens is 2. The summed E-state index contributed by atoms with van der Waals surface area (Å²) in [7, 11) is 1.66. The molecule has 0 spiro atoms. The largest absolute Gasteiger partial charge is 0.396 e. The summed E-state index contributed by atoms with van der Waals surface area (Å²) in [6, 6.07) is 6.17. The molecule has 0 aliphatic heterocycles. The number of hydrogen-bond donors (Lipinski definition) is 1. The first kappa shape index (κ1) is 14.5. The fourth-order valence-electron chi connectivity index (χ4n) is 2.51. The smallest absolute Gasteiger partial charge is 0.258 e. The number of halogens is 2. The van der Waals surface area contributed by atoms with E-state index in [-0.39, 0.29) is 11.2 Å². The van der Waals surface area contributed by atoms with E-state index in [9.17, 15) is 9.18 Å². The lowest BCUT2D eigenvalue weighted by molar-refractivity contribution is 0.631. The summed E-state index contributed by atoms with van der Waals surface area (Å²) in [6.45, 7) is 1.74. The number of nitrogens with two attached hydrogens (primary N) is 1. The molecule has 0 saturated heterocycles. The molecule has 0 unspecified atom stereocenters. The average Bonchev–Trinajstić information content (AvgIpc) is 2.47. The topological polar surface area (TPSA) is 60.9 Å². The van der Waals surface area contributed by atoms with Crippen LogP contribution in [0.3, 0.4) is 0 Å². The van der Waals surface area contributed by atoms with E-state index in [0.29, 0.717) is 27.4 Å². The van der Waals surface area contributed by atoms with Crippen LogP contribution in [0.2, 0.25) is 5.15 Å². The van der Waals surface area contributed by atoms with Crippen molar-refractivity contribution in [2.45, 2.75) is 6.92 Å². The molecule has 0 saturated carbocycles. The minimum Gasteiger partial charge on any atom is -0.396 e. The predicted molar refractivity (Wildman–Crippen MR) is 86.5 cm³/mol. The maximum Gasteiger partial charge on any atom is 0.258 e. The van der Waals surface area contributed by atoms with Crippen molar-refractivity contribution in [3.63, 3.8) is 0 Å². The summed E-state index contributed by atoms with van der Waals surface area (Å²) in [4.78, 5) is 16.6. The first-order chi connectivity index (χ1) is 10.4. The van der Waals surface area contributed by atoms with Gasteiger partial charge in [0.15, 0.2) is 0 Å². The molecule has 3 rings (SSSR count). The fraction of sp³-hybridized carbons (Fsp3) is 0.125. The average molecular weight is 318 g/mol. The molecule has 2 N–H and O–H groups in total. The lowest BCUT2D eigenvalue weighted by Crippen LogP contribution is -2.19. The van der Waals surface area contributed by atoms with Gasteiger partial charge in [-0.3, -0.25) is 4.79 Å². The molecule has 1 aromatic carbocycles. The highest BCUT2D eigenvalue weighted by Crippen LogP contribution is 2.27. The van der Waals surface area contributed by atoms with Gasteiger partial charge in [0.25, 0.3) is 5.56 Å². The third kappa shape index (κ3) is 2.23. The summed E-state index contributed by atoms with van der Waals surface area (Å²) in [6.07, 6.45) is 1.60. The highest BCUT2D eigenvalue weighted by Gasteiger charge is 2.13. The molecule has 0 bridgehead atoms. The number of nitrogens with zero attached hydrogens (tertiary/aromatic N) is 2. The molecule has 4 nitrogen and oxygen atoms in total. The number of benzene rings is 1. The summed E-state index contributed by atoms with van der Waals surface area (Å²) in [5.41, 5.74) is 7.82. The van der Waals surface area contributed by atoms with Crippen molar-refractivity contribution in [3.8, 4) is 11.1 Å². The van der Waals surface area contributed by atoms with Crippen molar-refractivity contribution >= 4 is 28.2 Å². The van der Waals surface area contributed by atoms with Crippen LogP contribution in [0.4, 0.5) is 10.1 Å². The van der Waals surface area contributed by atoms with Gasteiger partial charge >= 0.3 is 0 Å². The summed E-state index contributed by atoms with van der Waals surface area (Å²) < 4.78 is 15.0. The minimum atomic E-state index is -0.493. The molecule has 112 valence electrons. The van der Waals surface area contributed by atoms with Gasteiger partial charge in [0.2, 0.25) is 0 Å². The molecule has 0 aliphatic rings. The SMILES string of the molecule is Cc1cc(F)c(N)cc1-c1cc2cnc(Cl)cc2n(C)c1=O. The summed E-state index contributed by atoms with van der Waals surface area (Å²) >= 11 is 5.88. The molecule has 0 radical (unpaired) electrons. The predicted octanol–water partition coefficient (Wildman–Crippen LogP) is 3.28. The number of aryl methyl sites for hydroxylation is 2. The summed E-state index contributed by atoms with van der Waals surface area (Å²) in [5, 5.41) is 1.08. The lowest BCUT2D eigenvalue weighted by atomic mass is 9.99. The molecular formula is C16H13ClFN3O. The van der Waals surface area contributed by atoms with E-state index >= 15 is 0 Å².